The van der Waals surface area contributed by atoms with Gasteiger partial charge in [0, 0.05) is 0 Å². The number of thioether (sulfide) groups is 4. The zero-order valence-corrected chi connectivity index (χ0v) is 19.7. The Bertz CT molecular complexity index is 814. The van der Waals surface area contributed by atoms with Crippen LogP contribution in [0.1, 0.15) is 13.8 Å². The van der Waals surface area contributed by atoms with Crippen LogP contribution in [0.4, 0.5) is 0 Å². The van der Waals surface area contributed by atoms with Crippen LogP contribution in [0.2, 0.25) is 0 Å². The van der Waals surface area contributed by atoms with Crippen molar-refractivity contribution in [1.82, 2.24) is 0 Å². The van der Waals surface area contributed by atoms with E-state index in [9.17, 15) is 0 Å². The van der Waals surface area contributed by atoms with E-state index in [0.717, 1.165) is 0 Å². The molecule has 0 unspecified atom stereocenters. The van der Waals surface area contributed by atoms with E-state index in [4.69, 9.17) is 0 Å². The molecule has 2 aliphatic heterocycles. The molecule has 0 atom stereocenters. The predicted molar refractivity (Wildman–Crippen MR) is 122 cm³/mol. The van der Waals surface area contributed by atoms with Crippen LogP contribution in [0.25, 0.3) is 0 Å². The number of allylic oxidation sites excluding steroid dienone is 2. The molecule has 2 heterocycles. The van der Waals surface area contributed by atoms with Gasteiger partial charge in [-0.05, 0) is 0 Å². The first kappa shape index (κ1) is 18.3. The molecule has 2 aromatic rings. The topological polar surface area (TPSA) is 0 Å². The normalized spacial score (nSPS) is 17.6. The molecule has 0 fully saturated rings. The van der Waals surface area contributed by atoms with Crippen molar-refractivity contribution in [3.05, 3.63) is 87.2 Å². The van der Waals surface area contributed by atoms with Crippen LogP contribution >= 0.6 is 47.0 Å². The van der Waals surface area contributed by atoms with Crippen LogP contribution in [0.5, 0.6) is 0 Å². The Hall–Kier alpha value is -0.122. The fourth-order valence-electron chi connectivity index (χ4n) is 2.52. The van der Waals surface area contributed by atoms with E-state index >= 15 is 0 Å². The second-order valence-corrected chi connectivity index (χ2v) is 17.6. The molecule has 0 saturated heterocycles. The van der Waals surface area contributed by atoms with E-state index in [1.54, 1.807) is 9.87 Å². The van der Waals surface area contributed by atoms with E-state index in [1.807, 2.05) is 47.0 Å². The maximum atomic E-state index is 2.43. The first-order chi connectivity index (χ1) is 12.2. The molecular weight excluding hydrogens is 490 g/mol. The third-order valence-corrected chi connectivity index (χ3v) is 18.0. The molecule has 0 N–H and O–H groups in total. The Morgan fingerprint density at radius 2 is 1.16 bits per heavy atom. The van der Waals surface area contributed by atoms with Crippen LogP contribution in [0.15, 0.2) is 87.2 Å². The molecule has 0 nitrogen and oxygen atoms in total. The van der Waals surface area contributed by atoms with Gasteiger partial charge in [-0.2, -0.15) is 0 Å². The van der Waals surface area contributed by atoms with Gasteiger partial charge >= 0.3 is 175 Å². The second-order valence-electron chi connectivity index (χ2n) is 5.57. The molecule has 5 heteroatoms. The maximum absolute atomic E-state index is 2.43. The number of hydrogen-bond donors (Lipinski definition) is 0. The van der Waals surface area contributed by atoms with Crippen molar-refractivity contribution in [3.63, 3.8) is 0 Å². The molecule has 25 heavy (non-hydrogen) atoms. The van der Waals surface area contributed by atoms with Gasteiger partial charge in [0.25, 0.3) is 0 Å². The fraction of sp³-hybridized carbons (Fsp3) is 0.100. The van der Waals surface area contributed by atoms with Crippen LogP contribution in [-0.4, -0.2) is 20.2 Å². The van der Waals surface area contributed by atoms with Crippen LogP contribution < -0.4 is 7.02 Å². The third-order valence-electron chi connectivity index (χ3n) is 3.87. The standard InChI is InChI=1S/C8H7S4.2C6H5.Sb/c1-5-6(2)12-8(11-5)7-9-3-4-10-7;2*1-2-4-6-5-3-1;/h3H,1-2H3;2*1-5H;. The van der Waals surface area contributed by atoms with Gasteiger partial charge < -0.3 is 0 Å². The van der Waals surface area contributed by atoms with Crippen molar-refractivity contribution in [2.75, 3.05) is 0 Å². The Labute approximate surface area is 174 Å². The molecule has 0 spiro atoms. The van der Waals surface area contributed by atoms with Gasteiger partial charge in [-0.25, -0.2) is 0 Å². The van der Waals surface area contributed by atoms with E-state index in [1.165, 1.54) is 18.3 Å². The number of rotatable bonds is 3. The molecule has 0 bridgehead atoms. The van der Waals surface area contributed by atoms with Gasteiger partial charge in [0.2, 0.25) is 0 Å². The van der Waals surface area contributed by atoms with Gasteiger partial charge in [-0.15, -0.1) is 0 Å². The van der Waals surface area contributed by atoms with Crippen LogP contribution in [0.3, 0.4) is 0 Å². The third kappa shape index (κ3) is 4.09. The summed E-state index contributed by atoms with van der Waals surface area (Å²) in [5.41, 5.74) is 0. The molecule has 0 saturated carbocycles. The Morgan fingerprint density at radius 1 is 0.640 bits per heavy atom. The van der Waals surface area contributed by atoms with Gasteiger partial charge in [0.1, 0.15) is 0 Å². The summed E-state index contributed by atoms with van der Waals surface area (Å²) >= 11 is 5.92. The number of hydrogen-bond acceptors (Lipinski definition) is 4. The van der Waals surface area contributed by atoms with Gasteiger partial charge in [-0.1, -0.05) is 0 Å². The van der Waals surface area contributed by atoms with Gasteiger partial charge in [0.15, 0.2) is 0 Å². The summed E-state index contributed by atoms with van der Waals surface area (Å²) in [5, 5.41) is 2.43. The monoisotopic (exact) mass is 506 g/mol. The van der Waals surface area contributed by atoms with Crippen molar-refractivity contribution < 1.29 is 0 Å². The van der Waals surface area contributed by atoms with Crippen molar-refractivity contribution in [2.24, 2.45) is 0 Å². The average molecular weight is 507 g/mol. The molecular formula is C20H17S4Sb. The summed E-state index contributed by atoms with van der Waals surface area (Å²) in [7, 11) is 0. The summed E-state index contributed by atoms with van der Waals surface area (Å²) in [4.78, 5) is 2.90. The SMILES string of the molecule is CC1=C(C)SC(=C2SC=[C]([Sb]([c]3ccccc3)[c]3ccccc3)S2)S1. The molecule has 126 valence electrons. The zero-order valence-electron chi connectivity index (χ0n) is 13.9. The second kappa shape index (κ2) is 8.27. The summed E-state index contributed by atoms with van der Waals surface area (Å²) in [5.74, 6) is 0. The minimum atomic E-state index is -1.92. The van der Waals surface area contributed by atoms with E-state index in [-0.39, 0.29) is 0 Å². The van der Waals surface area contributed by atoms with Crippen molar-refractivity contribution >= 4 is 74.3 Å². The first-order valence-corrected chi connectivity index (χ1v) is 15.1. The summed E-state index contributed by atoms with van der Waals surface area (Å²) in [6.45, 7) is 4.46. The molecule has 0 radical (unpaired) electrons. The van der Waals surface area contributed by atoms with Crippen LogP contribution in [-0.2, 0) is 0 Å². The molecule has 0 aliphatic carbocycles. The predicted octanol–water partition coefficient (Wildman–Crippen LogP) is 6.01. The fourth-order valence-corrected chi connectivity index (χ4v) is 17.3. The zero-order chi connectivity index (χ0) is 17.2. The van der Waals surface area contributed by atoms with Crippen LogP contribution in [0, 0.1) is 0 Å². The van der Waals surface area contributed by atoms with Crippen molar-refractivity contribution in [2.45, 2.75) is 13.8 Å². The van der Waals surface area contributed by atoms with E-state index in [0.29, 0.717) is 0 Å². The number of benzene rings is 2. The first-order valence-electron chi connectivity index (χ1n) is 7.95. The Morgan fingerprint density at radius 3 is 1.68 bits per heavy atom. The molecule has 2 aliphatic rings. The quantitative estimate of drug-likeness (QED) is 0.467. The molecule has 0 amide bonds. The van der Waals surface area contributed by atoms with Gasteiger partial charge in [-0.3, -0.25) is 0 Å². The Kier molecular flexibility index (Phi) is 6.04. The molecule has 2 aromatic carbocycles. The van der Waals surface area contributed by atoms with E-state index < -0.39 is 20.2 Å². The van der Waals surface area contributed by atoms with E-state index in [2.05, 4.69) is 79.9 Å². The average Bonchev–Trinajstić information content (AvgIpc) is 3.25. The minimum absolute atomic E-state index is 1.45. The summed E-state index contributed by atoms with van der Waals surface area (Å²) in [6, 6.07) is 22.3. The molecule has 0 aromatic heterocycles. The Balaban J connectivity index is 1.65. The van der Waals surface area contributed by atoms with Crippen molar-refractivity contribution in [3.8, 4) is 0 Å². The summed E-state index contributed by atoms with van der Waals surface area (Å²) in [6.07, 6.45) is 0. The molecule has 4 rings (SSSR count). The van der Waals surface area contributed by atoms with Gasteiger partial charge in [0.05, 0.1) is 0 Å². The van der Waals surface area contributed by atoms with Crippen molar-refractivity contribution in [1.29, 1.82) is 0 Å². The summed E-state index contributed by atoms with van der Waals surface area (Å²) < 4.78 is 7.63.